The van der Waals surface area contributed by atoms with Crippen LogP contribution in [-0.4, -0.2) is 27.7 Å². The van der Waals surface area contributed by atoms with Gasteiger partial charge < -0.3 is 14.3 Å². The van der Waals surface area contributed by atoms with Crippen molar-refractivity contribution in [2.45, 2.75) is 13.0 Å². The fraction of sp³-hybridized carbons (Fsp3) is 0.455. The van der Waals surface area contributed by atoms with Gasteiger partial charge >= 0.3 is 0 Å². The number of nitrogens with one attached hydrogen (secondary N) is 1. The van der Waals surface area contributed by atoms with E-state index in [1.54, 1.807) is 6.20 Å². The van der Waals surface area contributed by atoms with Gasteiger partial charge in [0, 0.05) is 25.3 Å². The number of fused-ring (bicyclic) bond motifs is 1. The second-order valence-corrected chi connectivity index (χ2v) is 4.53. The van der Waals surface area contributed by atoms with Crippen molar-refractivity contribution >= 4 is 23.4 Å². The van der Waals surface area contributed by atoms with Crippen LogP contribution in [0.3, 0.4) is 0 Å². The van der Waals surface area contributed by atoms with Crippen LogP contribution in [0, 0.1) is 10.7 Å². The van der Waals surface area contributed by atoms with Crippen molar-refractivity contribution in [1.82, 2.24) is 14.5 Å². The van der Waals surface area contributed by atoms with Crippen LogP contribution in [0.25, 0.3) is 11.2 Å². The topological polar surface area (TPSA) is 42.8 Å². The first-order valence-electron chi connectivity index (χ1n) is 5.46. The first kappa shape index (κ1) is 9.99. The number of rotatable bonds is 2. The summed E-state index contributed by atoms with van der Waals surface area (Å²) in [6.45, 7) is 2.60. The lowest BCUT2D eigenvalue weighted by atomic mass is 10.1. The van der Waals surface area contributed by atoms with Gasteiger partial charge in [-0.15, -0.1) is 0 Å². The van der Waals surface area contributed by atoms with Crippen LogP contribution in [0.5, 0.6) is 0 Å². The molecule has 1 aliphatic heterocycles. The van der Waals surface area contributed by atoms with Gasteiger partial charge in [0.1, 0.15) is 0 Å². The summed E-state index contributed by atoms with van der Waals surface area (Å²) in [4.78, 5) is 7.54. The van der Waals surface area contributed by atoms with E-state index in [4.69, 9.17) is 17.0 Å². The summed E-state index contributed by atoms with van der Waals surface area (Å²) < 4.78 is 8.20. The molecule has 1 unspecified atom stereocenters. The van der Waals surface area contributed by atoms with Crippen molar-refractivity contribution in [3.05, 3.63) is 23.1 Å². The van der Waals surface area contributed by atoms with E-state index in [-0.39, 0.29) is 0 Å². The van der Waals surface area contributed by atoms with Crippen LogP contribution in [0.1, 0.15) is 6.42 Å². The Morgan fingerprint density at radius 1 is 1.62 bits per heavy atom. The number of imidazole rings is 1. The van der Waals surface area contributed by atoms with E-state index >= 15 is 0 Å². The van der Waals surface area contributed by atoms with Crippen molar-refractivity contribution in [2.24, 2.45) is 5.92 Å². The molecule has 16 heavy (non-hydrogen) atoms. The lowest BCUT2D eigenvalue weighted by Gasteiger charge is -2.08. The van der Waals surface area contributed by atoms with E-state index in [1.807, 2.05) is 12.1 Å². The third-order valence-corrected chi connectivity index (χ3v) is 3.32. The molecule has 1 saturated heterocycles. The Labute approximate surface area is 98.3 Å². The van der Waals surface area contributed by atoms with E-state index in [2.05, 4.69) is 14.5 Å². The summed E-state index contributed by atoms with van der Waals surface area (Å²) in [5, 5.41) is 0. The number of nitrogens with zero attached hydrogens (tertiary/aromatic N) is 2. The lowest BCUT2D eigenvalue weighted by molar-refractivity contribution is 0.182. The van der Waals surface area contributed by atoms with Gasteiger partial charge in [-0.05, 0) is 30.8 Å². The molecule has 2 aromatic rings. The van der Waals surface area contributed by atoms with Gasteiger partial charge in [0.2, 0.25) is 0 Å². The minimum Gasteiger partial charge on any atom is -0.381 e. The molecule has 1 N–H and O–H groups in total. The van der Waals surface area contributed by atoms with E-state index in [9.17, 15) is 0 Å². The molecule has 0 radical (unpaired) electrons. The molecule has 0 spiro atoms. The van der Waals surface area contributed by atoms with Gasteiger partial charge in [-0.3, -0.25) is 0 Å². The number of ether oxygens (including phenoxy) is 1. The molecule has 3 rings (SSSR count). The minimum absolute atomic E-state index is 0.563. The van der Waals surface area contributed by atoms with Gasteiger partial charge in [-0.25, -0.2) is 4.98 Å². The molecule has 0 aromatic carbocycles. The highest BCUT2D eigenvalue weighted by Gasteiger charge is 2.17. The predicted molar refractivity (Wildman–Crippen MR) is 63.8 cm³/mol. The molecule has 5 heteroatoms. The van der Waals surface area contributed by atoms with E-state index in [0.29, 0.717) is 5.92 Å². The maximum Gasteiger partial charge on any atom is 0.179 e. The van der Waals surface area contributed by atoms with Gasteiger partial charge in [0.15, 0.2) is 10.4 Å². The SMILES string of the molecule is S=c1[nH]c2cccnc2n1CC1CCOC1. The molecular weight excluding hydrogens is 222 g/mol. The van der Waals surface area contributed by atoms with Crippen LogP contribution in [0.4, 0.5) is 0 Å². The Balaban J connectivity index is 2.01. The third kappa shape index (κ3) is 1.66. The fourth-order valence-electron chi connectivity index (χ4n) is 2.14. The molecule has 1 fully saturated rings. The average molecular weight is 235 g/mol. The van der Waals surface area contributed by atoms with Crippen molar-refractivity contribution in [3.63, 3.8) is 0 Å². The molecule has 84 valence electrons. The number of aromatic amines is 1. The monoisotopic (exact) mass is 235 g/mol. The highest BCUT2D eigenvalue weighted by Crippen LogP contribution is 2.18. The van der Waals surface area contributed by atoms with Crippen LogP contribution in [-0.2, 0) is 11.3 Å². The number of hydrogen-bond acceptors (Lipinski definition) is 3. The molecule has 0 aliphatic carbocycles. The van der Waals surface area contributed by atoms with Crippen LogP contribution in [0.2, 0.25) is 0 Å². The molecule has 3 heterocycles. The summed E-state index contributed by atoms with van der Waals surface area (Å²) in [6.07, 6.45) is 2.91. The molecule has 0 bridgehead atoms. The third-order valence-electron chi connectivity index (χ3n) is 2.99. The minimum atomic E-state index is 0.563. The lowest BCUT2D eigenvalue weighted by Crippen LogP contribution is -2.11. The summed E-state index contributed by atoms with van der Waals surface area (Å²) in [6, 6.07) is 3.91. The smallest absolute Gasteiger partial charge is 0.179 e. The molecule has 1 aliphatic rings. The molecule has 2 aromatic heterocycles. The summed E-state index contributed by atoms with van der Waals surface area (Å²) in [5.74, 6) is 0.563. The zero-order valence-electron chi connectivity index (χ0n) is 8.85. The number of pyridine rings is 1. The largest absolute Gasteiger partial charge is 0.381 e. The summed E-state index contributed by atoms with van der Waals surface area (Å²) >= 11 is 5.31. The van der Waals surface area contributed by atoms with Gasteiger partial charge in [0.05, 0.1) is 12.1 Å². The second kappa shape index (κ2) is 3.99. The molecule has 1 atom stereocenters. The van der Waals surface area contributed by atoms with E-state index < -0.39 is 0 Å². The summed E-state index contributed by atoms with van der Waals surface area (Å²) in [7, 11) is 0. The first-order valence-corrected chi connectivity index (χ1v) is 5.87. The molecule has 4 nitrogen and oxygen atoms in total. The first-order chi connectivity index (χ1) is 7.84. The Morgan fingerprint density at radius 3 is 3.38 bits per heavy atom. The summed E-state index contributed by atoms with van der Waals surface area (Å²) in [5.41, 5.74) is 1.95. The number of aromatic nitrogens is 3. The van der Waals surface area contributed by atoms with Crippen LogP contribution >= 0.6 is 12.2 Å². The zero-order chi connectivity index (χ0) is 11.0. The van der Waals surface area contributed by atoms with Crippen molar-refractivity contribution in [2.75, 3.05) is 13.2 Å². The predicted octanol–water partition coefficient (Wildman–Crippen LogP) is 2.13. The van der Waals surface area contributed by atoms with Gasteiger partial charge in [-0.1, -0.05) is 0 Å². The maximum absolute atomic E-state index is 5.38. The van der Waals surface area contributed by atoms with Gasteiger partial charge in [0.25, 0.3) is 0 Å². The van der Waals surface area contributed by atoms with E-state index in [0.717, 1.165) is 42.1 Å². The van der Waals surface area contributed by atoms with Crippen molar-refractivity contribution in [3.8, 4) is 0 Å². The fourth-order valence-corrected chi connectivity index (χ4v) is 2.41. The van der Waals surface area contributed by atoms with E-state index in [1.165, 1.54) is 0 Å². The zero-order valence-corrected chi connectivity index (χ0v) is 9.67. The Morgan fingerprint density at radius 2 is 2.56 bits per heavy atom. The van der Waals surface area contributed by atoms with Crippen LogP contribution < -0.4 is 0 Å². The number of H-pyrrole nitrogens is 1. The molecule has 0 amide bonds. The Kier molecular flexibility index (Phi) is 2.49. The Bertz CT molecular complexity index is 554. The highest BCUT2D eigenvalue weighted by molar-refractivity contribution is 7.71. The van der Waals surface area contributed by atoms with Crippen LogP contribution in [0.15, 0.2) is 18.3 Å². The van der Waals surface area contributed by atoms with Gasteiger partial charge in [-0.2, -0.15) is 0 Å². The second-order valence-electron chi connectivity index (χ2n) is 4.14. The normalized spacial score (nSPS) is 20.6. The molecular formula is C11H13N3OS. The number of hydrogen-bond donors (Lipinski definition) is 1. The van der Waals surface area contributed by atoms with Crippen molar-refractivity contribution < 1.29 is 4.74 Å². The highest BCUT2D eigenvalue weighted by atomic mass is 32.1. The standard InChI is InChI=1S/C11H13N3OS/c16-11-13-9-2-1-4-12-10(9)14(11)6-8-3-5-15-7-8/h1-2,4,8H,3,5-7H2,(H,13,16). The molecule has 0 saturated carbocycles. The maximum atomic E-state index is 5.38. The average Bonchev–Trinajstić information content (AvgIpc) is 2.89. The van der Waals surface area contributed by atoms with Crippen molar-refractivity contribution in [1.29, 1.82) is 0 Å². The quantitative estimate of drug-likeness (QED) is 0.811. The Hall–Kier alpha value is -1.20.